The maximum Gasteiger partial charge on any atom is 0.191 e. The largest absolute Gasteiger partial charge is 0.382 e. The minimum Gasteiger partial charge on any atom is -0.382 e. The lowest BCUT2D eigenvalue weighted by atomic mass is 9.83. The minimum atomic E-state index is 0. The van der Waals surface area contributed by atoms with Crippen LogP contribution in [-0.4, -0.2) is 63.3 Å². The number of nitrogens with one attached hydrogen (secondary N) is 2. The normalized spacial score (nSPS) is 16.6. The third-order valence-corrected chi connectivity index (χ3v) is 5.40. The van der Waals surface area contributed by atoms with Crippen molar-refractivity contribution in [3.8, 4) is 0 Å². The Morgan fingerprint density at radius 2 is 1.77 bits per heavy atom. The molecular formula is C20H43IN4O. The van der Waals surface area contributed by atoms with E-state index in [1.807, 2.05) is 0 Å². The molecule has 2 N–H and O–H groups in total. The maximum atomic E-state index is 5.61. The summed E-state index contributed by atoms with van der Waals surface area (Å²) in [5, 5.41) is 6.91. The Kier molecular flexibility index (Phi) is 15.9. The van der Waals surface area contributed by atoms with Crippen molar-refractivity contribution in [1.82, 2.24) is 15.5 Å². The molecule has 0 heterocycles. The molecule has 0 bridgehead atoms. The van der Waals surface area contributed by atoms with Crippen LogP contribution < -0.4 is 10.6 Å². The Morgan fingerprint density at radius 3 is 2.35 bits per heavy atom. The second kappa shape index (κ2) is 15.9. The first kappa shape index (κ1) is 25.9. The predicted molar refractivity (Wildman–Crippen MR) is 124 cm³/mol. The van der Waals surface area contributed by atoms with Crippen LogP contribution in [0.25, 0.3) is 0 Å². The highest BCUT2D eigenvalue weighted by Gasteiger charge is 2.33. The smallest absolute Gasteiger partial charge is 0.191 e. The van der Waals surface area contributed by atoms with E-state index in [0.29, 0.717) is 5.41 Å². The van der Waals surface area contributed by atoms with Gasteiger partial charge in [-0.1, -0.05) is 26.7 Å². The van der Waals surface area contributed by atoms with E-state index in [1.165, 1.54) is 25.7 Å². The molecule has 6 heteroatoms. The number of guanidine groups is 1. The molecule has 0 unspecified atom stereocenters. The summed E-state index contributed by atoms with van der Waals surface area (Å²) < 4.78 is 5.61. The first-order valence-electron chi connectivity index (χ1n) is 10.5. The van der Waals surface area contributed by atoms with Crippen LogP contribution in [0, 0.1) is 5.41 Å². The molecule has 0 saturated heterocycles. The molecule has 1 fully saturated rings. The summed E-state index contributed by atoms with van der Waals surface area (Å²) in [5.41, 5.74) is 0.360. The average Bonchev–Trinajstić information content (AvgIpc) is 3.09. The van der Waals surface area contributed by atoms with Gasteiger partial charge < -0.3 is 20.3 Å². The summed E-state index contributed by atoms with van der Waals surface area (Å²) in [6, 6.07) is 0. The first-order valence-corrected chi connectivity index (χ1v) is 10.5. The van der Waals surface area contributed by atoms with Gasteiger partial charge >= 0.3 is 0 Å². The Morgan fingerprint density at radius 1 is 1.08 bits per heavy atom. The third-order valence-electron chi connectivity index (χ3n) is 5.40. The zero-order valence-corrected chi connectivity index (χ0v) is 19.9. The fourth-order valence-corrected chi connectivity index (χ4v) is 3.68. The molecule has 0 aromatic carbocycles. The molecule has 1 saturated carbocycles. The summed E-state index contributed by atoms with van der Waals surface area (Å²) in [6.07, 6.45) is 7.58. The van der Waals surface area contributed by atoms with Crippen LogP contribution in [0.2, 0.25) is 0 Å². The number of aliphatic imine (C=N–C) groups is 1. The van der Waals surface area contributed by atoms with E-state index in [2.05, 4.69) is 43.2 Å². The van der Waals surface area contributed by atoms with Gasteiger partial charge in [0.05, 0.1) is 0 Å². The van der Waals surface area contributed by atoms with Gasteiger partial charge in [-0.3, -0.25) is 4.99 Å². The summed E-state index contributed by atoms with van der Waals surface area (Å²) in [4.78, 5) is 7.39. The van der Waals surface area contributed by atoms with Crippen molar-refractivity contribution in [1.29, 1.82) is 0 Å². The van der Waals surface area contributed by atoms with Gasteiger partial charge in [-0.25, -0.2) is 0 Å². The molecule has 1 rings (SSSR count). The van der Waals surface area contributed by atoms with Gasteiger partial charge in [-0.2, -0.15) is 0 Å². The monoisotopic (exact) mass is 482 g/mol. The number of ether oxygens (including phenoxy) is 1. The number of rotatable bonds is 13. The Bertz CT molecular complexity index is 356. The van der Waals surface area contributed by atoms with Crippen LogP contribution in [0.15, 0.2) is 4.99 Å². The Balaban J connectivity index is 0.00000625. The van der Waals surface area contributed by atoms with Gasteiger partial charge in [0.25, 0.3) is 0 Å². The van der Waals surface area contributed by atoms with Crippen LogP contribution in [0.4, 0.5) is 0 Å². The van der Waals surface area contributed by atoms with Gasteiger partial charge in [0.2, 0.25) is 0 Å². The lowest BCUT2D eigenvalue weighted by molar-refractivity contribution is 0.107. The summed E-state index contributed by atoms with van der Waals surface area (Å²) in [6.45, 7) is 16.6. The van der Waals surface area contributed by atoms with Crippen LogP contribution in [-0.2, 0) is 4.74 Å². The topological polar surface area (TPSA) is 48.9 Å². The fourth-order valence-electron chi connectivity index (χ4n) is 3.68. The molecular weight excluding hydrogens is 439 g/mol. The highest BCUT2D eigenvalue weighted by molar-refractivity contribution is 14.0. The van der Waals surface area contributed by atoms with E-state index in [-0.39, 0.29) is 24.0 Å². The van der Waals surface area contributed by atoms with Crippen molar-refractivity contribution < 1.29 is 4.74 Å². The summed E-state index contributed by atoms with van der Waals surface area (Å²) >= 11 is 0. The van der Waals surface area contributed by atoms with E-state index < -0.39 is 0 Å². The molecule has 156 valence electrons. The Hall–Kier alpha value is -0.0800. The van der Waals surface area contributed by atoms with E-state index in [4.69, 9.17) is 9.73 Å². The summed E-state index contributed by atoms with van der Waals surface area (Å²) in [5.74, 6) is 0.977. The van der Waals surface area contributed by atoms with Crippen molar-refractivity contribution in [2.45, 2.75) is 66.2 Å². The number of hydrogen-bond acceptors (Lipinski definition) is 3. The molecule has 1 aliphatic carbocycles. The number of nitrogens with zero attached hydrogens (tertiary/aromatic N) is 2. The number of halogens is 1. The maximum absolute atomic E-state index is 5.61. The predicted octanol–water partition coefficient (Wildman–Crippen LogP) is 3.88. The van der Waals surface area contributed by atoms with Crippen LogP contribution in [0.1, 0.15) is 66.2 Å². The molecule has 0 atom stereocenters. The molecule has 0 aliphatic heterocycles. The molecule has 0 spiro atoms. The fraction of sp³-hybridized carbons (Fsp3) is 0.950. The highest BCUT2D eigenvalue weighted by atomic mass is 127. The van der Waals surface area contributed by atoms with Crippen molar-refractivity contribution in [2.24, 2.45) is 10.4 Å². The minimum absolute atomic E-state index is 0. The highest BCUT2D eigenvalue weighted by Crippen LogP contribution is 2.41. The van der Waals surface area contributed by atoms with Crippen LogP contribution in [0.5, 0.6) is 0 Å². The first-order chi connectivity index (χ1) is 12.2. The molecule has 26 heavy (non-hydrogen) atoms. The van der Waals surface area contributed by atoms with Crippen LogP contribution in [0.3, 0.4) is 0 Å². The molecule has 1 aliphatic rings. The lowest BCUT2D eigenvalue weighted by Crippen LogP contribution is -2.39. The van der Waals surface area contributed by atoms with Crippen LogP contribution >= 0.6 is 24.0 Å². The molecule has 0 radical (unpaired) electrons. The van der Waals surface area contributed by atoms with Gasteiger partial charge in [0.1, 0.15) is 0 Å². The zero-order valence-electron chi connectivity index (χ0n) is 17.6. The number of hydrogen-bond donors (Lipinski definition) is 2. The van der Waals surface area contributed by atoms with Gasteiger partial charge in [0, 0.05) is 32.8 Å². The van der Waals surface area contributed by atoms with Gasteiger partial charge in [-0.15, -0.1) is 24.0 Å². The van der Waals surface area contributed by atoms with Crippen molar-refractivity contribution in [3.05, 3.63) is 0 Å². The molecule has 0 aromatic heterocycles. The molecule has 5 nitrogen and oxygen atoms in total. The average molecular weight is 482 g/mol. The van der Waals surface area contributed by atoms with Crippen molar-refractivity contribution in [2.75, 3.05) is 52.5 Å². The Labute approximate surface area is 179 Å². The van der Waals surface area contributed by atoms with E-state index >= 15 is 0 Å². The van der Waals surface area contributed by atoms with Gasteiger partial charge in [-0.05, 0) is 64.6 Å². The quantitative estimate of drug-likeness (QED) is 0.181. The van der Waals surface area contributed by atoms with Crippen molar-refractivity contribution in [3.63, 3.8) is 0 Å². The zero-order chi connectivity index (χ0) is 18.4. The van der Waals surface area contributed by atoms with Crippen molar-refractivity contribution >= 4 is 29.9 Å². The SMILES string of the molecule is CCNC(=NCC1(CCOCC)CCCC1)NCCCN(CC)CC.I. The van der Waals surface area contributed by atoms with E-state index in [1.54, 1.807) is 0 Å². The molecule has 0 aromatic rings. The van der Waals surface area contributed by atoms with Gasteiger partial charge in [0.15, 0.2) is 5.96 Å². The lowest BCUT2D eigenvalue weighted by Gasteiger charge is -2.27. The second-order valence-corrected chi connectivity index (χ2v) is 7.16. The molecule has 0 amide bonds. The second-order valence-electron chi connectivity index (χ2n) is 7.16. The summed E-state index contributed by atoms with van der Waals surface area (Å²) in [7, 11) is 0. The third kappa shape index (κ3) is 10.3. The van der Waals surface area contributed by atoms with E-state index in [9.17, 15) is 0 Å². The van der Waals surface area contributed by atoms with E-state index in [0.717, 1.165) is 71.3 Å². The standard InChI is InChI=1S/C20H42N4O.HI/c1-5-21-19(22-15-11-16-24(6-2)7-3)23-18-20(12-9-10-13-20)14-17-25-8-4;/h5-18H2,1-4H3,(H2,21,22,23);1H.